The molecule has 0 N–H and O–H groups in total. The zero-order valence-corrected chi connectivity index (χ0v) is 16.1. The minimum Gasteiger partial charge on any atom is -0.496 e. The van der Waals surface area contributed by atoms with Crippen molar-refractivity contribution in [1.82, 2.24) is 0 Å². The van der Waals surface area contributed by atoms with E-state index >= 15 is 0 Å². The van der Waals surface area contributed by atoms with Crippen molar-refractivity contribution in [2.24, 2.45) is 4.99 Å². The summed E-state index contributed by atoms with van der Waals surface area (Å²) < 4.78 is 17.6. The van der Waals surface area contributed by atoms with Crippen LogP contribution >= 0.6 is 0 Å². The van der Waals surface area contributed by atoms with E-state index in [0.717, 1.165) is 11.3 Å². The molecule has 0 aromatic heterocycles. The highest BCUT2D eigenvalue weighted by atomic mass is 16.7. The van der Waals surface area contributed by atoms with Gasteiger partial charge in [0.15, 0.2) is 6.29 Å². The quantitative estimate of drug-likeness (QED) is 0.770. The Morgan fingerprint density at radius 1 is 1.00 bits per heavy atom. The number of aliphatic imine (C=N–C) groups is 1. The van der Waals surface area contributed by atoms with Crippen LogP contribution < -0.4 is 4.74 Å². The monoisotopic (exact) mass is 333 g/mol. The van der Waals surface area contributed by atoms with Gasteiger partial charge in [0.1, 0.15) is 5.75 Å². The average Bonchev–Trinajstić information content (AvgIpc) is 2.52. The predicted octanol–water partition coefficient (Wildman–Crippen LogP) is 4.40. The van der Waals surface area contributed by atoms with Crippen LogP contribution in [-0.2, 0) is 20.3 Å². The van der Waals surface area contributed by atoms with Gasteiger partial charge in [0, 0.05) is 16.7 Å². The number of hydrogen-bond donors (Lipinski definition) is 0. The maximum Gasteiger partial charge on any atom is 0.184 e. The van der Waals surface area contributed by atoms with Crippen LogP contribution in [0.2, 0.25) is 0 Å². The molecule has 24 heavy (non-hydrogen) atoms. The highest BCUT2D eigenvalue weighted by Gasteiger charge is 2.31. The topological polar surface area (TPSA) is 40.0 Å². The number of benzene rings is 1. The summed E-state index contributed by atoms with van der Waals surface area (Å²) in [7, 11) is 1.74. The Balaban J connectivity index is 2.52. The Morgan fingerprint density at radius 3 is 1.79 bits per heavy atom. The van der Waals surface area contributed by atoms with E-state index in [0.29, 0.717) is 13.2 Å². The van der Waals surface area contributed by atoms with Crippen LogP contribution in [0.15, 0.2) is 17.1 Å². The van der Waals surface area contributed by atoms with E-state index in [4.69, 9.17) is 14.2 Å². The molecule has 1 aliphatic rings. The van der Waals surface area contributed by atoms with Crippen molar-refractivity contribution in [3.63, 3.8) is 0 Å². The van der Waals surface area contributed by atoms with Crippen molar-refractivity contribution in [2.75, 3.05) is 20.3 Å². The maximum absolute atomic E-state index is 5.88. The second-order valence-corrected chi connectivity index (χ2v) is 8.48. The van der Waals surface area contributed by atoms with E-state index in [1.165, 1.54) is 11.1 Å². The molecular formula is C20H31NO3. The van der Waals surface area contributed by atoms with Crippen LogP contribution in [0.5, 0.6) is 5.75 Å². The van der Waals surface area contributed by atoms with E-state index in [2.05, 4.69) is 65.4 Å². The molecule has 0 aliphatic carbocycles. The first-order chi connectivity index (χ1) is 11.1. The summed E-state index contributed by atoms with van der Waals surface area (Å²) in [5.74, 6) is 0.959. The highest BCUT2D eigenvalue weighted by molar-refractivity contribution is 5.51. The Labute approximate surface area is 146 Å². The van der Waals surface area contributed by atoms with Crippen LogP contribution in [-0.4, -0.2) is 33.1 Å². The molecular weight excluding hydrogens is 302 g/mol. The molecule has 1 fully saturated rings. The van der Waals surface area contributed by atoms with Gasteiger partial charge in [0.25, 0.3) is 0 Å². The smallest absolute Gasteiger partial charge is 0.184 e. The van der Waals surface area contributed by atoms with Crippen LogP contribution in [0.1, 0.15) is 64.5 Å². The fourth-order valence-electron chi connectivity index (χ4n) is 2.91. The van der Waals surface area contributed by atoms with Crippen molar-refractivity contribution in [2.45, 2.75) is 64.7 Å². The van der Waals surface area contributed by atoms with E-state index in [1.54, 1.807) is 7.11 Å². The van der Waals surface area contributed by atoms with Crippen LogP contribution in [0.3, 0.4) is 0 Å². The lowest BCUT2D eigenvalue weighted by Crippen LogP contribution is -2.30. The third-order valence-corrected chi connectivity index (χ3v) is 4.34. The molecule has 1 aromatic carbocycles. The van der Waals surface area contributed by atoms with Gasteiger partial charge in [-0.15, -0.1) is 0 Å². The molecule has 0 spiro atoms. The summed E-state index contributed by atoms with van der Waals surface area (Å²) in [5, 5.41) is 0. The molecule has 0 amide bonds. The van der Waals surface area contributed by atoms with Crippen molar-refractivity contribution >= 4 is 6.72 Å². The van der Waals surface area contributed by atoms with Gasteiger partial charge in [0.2, 0.25) is 0 Å². The molecule has 1 heterocycles. The summed E-state index contributed by atoms with van der Waals surface area (Å²) in [4.78, 5) is 4.00. The number of hydrogen-bond acceptors (Lipinski definition) is 4. The lowest BCUT2D eigenvalue weighted by atomic mass is 9.78. The van der Waals surface area contributed by atoms with Gasteiger partial charge in [0.05, 0.1) is 26.4 Å². The van der Waals surface area contributed by atoms with Crippen molar-refractivity contribution in [3.8, 4) is 5.75 Å². The molecule has 0 bridgehead atoms. The Hall–Kier alpha value is -1.39. The maximum atomic E-state index is 5.88. The molecule has 1 saturated heterocycles. The third kappa shape index (κ3) is 3.98. The second-order valence-electron chi connectivity index (χ2n) is 8.48. The van der Waals surface area contributed by atoms with Crippen molar-refractivity contribution in [3.05, 3.63) is 28.8 Å². The van der Waals surface area contributed by atoms with Gasteiger partial charge in [-0.1, -0.05) is 41.5 Å². The zero-order valence-electron chi connectivity index (χ0n) is 16.1. The summed E-state index contributed by atoms with van der Waals surface area (Å²) in [6.07, 6.45) is -0.365. The van der Waals surface area contributed by atoms with Gasteiger partial charge in [-0.25, -0.2) is 0 Å². The van der Waals surface area contributed by atoms with Gasteiger partial charge >= 0.3 is 0 Å². The van der Waals surface area contributed by atoms with Crippen LogP contribution in [0.4, 0.5) is 0 Å². The molecule has 2 rings (SSSR count). The lowest BCUT2D eigenvalue weighted by molar-refractivity contribution is -0.189. The largest absolute Gasteiger partial charge is 0.496 e. The predicted molar refractivity (Wildman–Crippen MR) is 98.4 cm³/mol. The van der Waals surface area contributed by atoms with Crippen molar-refractivity contribution in [1.29, 1.82) is 0 Å². The first kappa shape index (κ1) is 18.9. The normalized spacial score (nSPS) is 22.3. The molecule has 134 valence electrons. The Morgan fingerprint density at radius 2 is 1.46 bits per heavy atom. The van der Waals surface area contributed by atoms with Crippen molar-refractivity contribution < 1.29 is 14.2 Å². The van der Waals surface area contributed by atoms with Gasteiger partial charge < -0.3 is 14.2 Å². The van der Waals surface area contributed by atoms with E-state index in [1.807, 2.05) is 0 Å². The number of methoxy groups -OCH3 is 1. The minimum atomic E-state index is -0.365. The number of rotatable bonds is 3. The van der Waals surface area contributed by atoms with Gasteiger partial charge in [-0.05, 0) is 29.7 Å². The summed E-state index contributed by atoms with van der Waals surface area (Å²) >= 11 is 0. The molecule has 1 aliphatic heterocycles. The summed E-state index contributed by atoms with van der Waals surface area (Å²) in [6.45, 7) is 17.8. The first-order valence-electron chi connectivity index (χ1n) is 8.50. The lowest BCUT2D eigenvalue weighted by Gasteiger charge is -2.33. The standard InChI is InChI=1S/C20H31NO3/c1-19(2,3)15-9-13(18-23-11-14(21-7)12-24-18)10-16(17(15)22-8)20(4,5)6/h9-10,14,18H,7,11-12H2,1-6,8H3. The summed E-state index contributed by atoms with van der Waals surface area (Å²) in [5.41, 5.74) is 3.29. The number of nitrogens with zero attached hydrogens (tertiary/aromatic N) is 1. The van der Waals surface area contributed by atoms with Crippen LogP contribution in [0.25, 0.3) is 0 Å². The van der Waals surface area contributed by atoms with Crippen LogP contribution in [0, 0.1) is 0 Å². The fraction of sp³-hybridized carbons (Fsp3) is 0.650. The second kappa shape index (κ2) is 6.85. The molecule has 0 saturated carbocycles. The van der Waals surface area contributed by atoms with Gasteiger partial charge in [-0.3, -0.25) is 4.99 Å². The molecule has 0 unspecified atom stereocenters. The average molecular weight is 333 g/mol. The number of ether oxygens (including phenoxy) is 3. The van der Waals surface area contributed by atoms with E-state index in [9.17, 15) is 0 Å². The molecule has 4 heteroatoms. The Bertz CT molecular complexity index is 553. The Kier molecular flexibility index (Phi) is 5.41. The molecule has 0 radical (unpaired) electrons. The van der Waals surface area contributed by atoms with E-state index in [-0.39, 0.29) is 23.2 Å². The highest BCUT2D eigenvalue weighted by Crippen LogP contribution is 2.42. The zero-order chi connectivity index (χ0) is 18.1. The van der Waals surface area contributed by atoms with Gasteiger partial charge in [-0.2, -0.15) is 0 Å². The molecule has 4 nitrogen and oxygen atoms in total. The van der Waals surface area contributed by atoms with E-state index < -0.39 is 0 Å². The third-order valence-electron chi connectivity index (χ3n) is 4.34. The first-order valence-corrected chi connectivity index (χ1v) is 8.50. The molecule has 1 aromatic rings. The fourth-order valence-corrected chi connectivity index (χ4v) is 2.91. The molecule has 0 atom stereocenters. The summed E-state index contributed by atoms with van der Waals surface area (Å²) in [6, 6.07) is 4.32. The SMILES string of the molecule is C=NC1COC(c2cc(C(C)(C)C)c(OC)c(C(C)(C)C)c2)OC1. The minimum absolute atomic E-state index is 0.0173.